The molecule has 6 heteroatoms. The van der Waals surface area contributed by atoms with Gasteiger partial charge >= 0.3 is 5.97 Å². The summed E-state index contributed by atoms with van der Waals surface area (Å²) in [7, 11) is 1.61. The highest BCUT2D eigenvalue weighted by atomic mass is 16.5. The lowest BCUT2D eigenvalue weighted by Crippen LogP contribution is -2.23. The number of carbonyl (C=O) groups is 3. The molecule has 0 aliphatic carbocycles. The zero-order valence-electron chi connectivity index (χ0n) is 17.1. The first-order valence-electron chi connectivity index (χ1n) is 9.52. The number of anilines is 1. The van der Waals surface area contributed by atoms with E-state index >= 15 is 0 Å². The fourth-order valence-corrected chi connectivity index (χ4v) is 3.05. The summed E-state index contributed by atoms with van der Waals surface area (Å²) in [5.74, 6) is -0.814. The Kier molecular flexibility index (Phi) is 6.47. The Morgan fingerprint density at radius 3 is 2.43 bits per heavy atom. The van der Waals surface area contributed by atoms with Gasteiger partial charge in [0.2, 0.25) is 0 Å². The van der Waals surface area contributed by atoms with Gasteiger partial charge in [-0.05, 0) is 54.4 Å². The van der Waals surface area contributed by atoms with E-state index in [1.165, 1.54) is 6.92 Å². The third-order valence-electron chi connectivity index (χ3n) is 4.82. The number of nitrogens with one attached hydrogen (secondary N) is 1. The number of Topliss-reactive ketones (excluding diaryl/α,β-unsaturated/α-hetero) is 1. The van der Waals surface area contributed by atoms with Crippen molar-refractivity contribution < 1.29 is 23.9 Å². The number of carbonyl (C=O) groups excluding carboxylic acids is 3. The Labute approximate surface area is 174 Å². The van der Waals surface area contributed by atoms with E-state index in [9.17, 15) is 14.4 Å². The summed E-state index contributed by atoms with van der Waals surface area (Å²) in [5.41, 5.74) is 1.77. The fraction of sp³-hybridized carbons (Fsp3) is 0.208. The van der Waals surface area contributed by atoms with Gasteiger partial charge in [-0.25, -0.2) is 0 Å². The van der Waals surface area contributed by atoms with E-state index in [4.69, 9.17) is 9.47 Å². The first-order chi connectivity index (χ1) is 14.4. The van der Waals surface area contributed by atoms with Crippen LogP contribution in [-0.4, -0.2) is 31.4 Å². The smallest absolute Gasteiger partial charge is 0.313 e. The summed E-state index contributed by atoms with van der Waals surface area (Å²) in [6.07, 6.45) is 0. The minimum atomic E-state index is -0.523. The Morgan fingerprint density at radius 2 is 1.70 bits per heavy atom. The molecule has 1 atom stereocenters. The second kappa shape index (κ2) is 9.22. The third-order valence-corrected chi connectivity index (χ3v) is 4.82. The predicted molar refractivity (Wildman–Crippen MR) is 115 cm³/mol. The van der Waals surface area contributed by atoms with Crippen LogP contribution >= 0.6 is 0 Å². The van der Waals surface area contributed by atoms with Crippen molar-refractivity contribution in [3.05, 3.63) is 71.8 Å². The van der Waals surface area contributed by atoms with Gasteiger partial charge < -0.3 is 14.8 Å². The average molecular weight is 405 g/mol. The molecule has 0 aliphatic heterocycles. The van der Waals surface area contributed by atoms with E-state index in [2.05, 4.69) is 5.32 Å². The number of ether oxygens (including phenoxy) is 2. The van der Waals surface area contributed by atoms with Gasteiger partial charge in [-0.2, -0.15) is 0 Å². The van der Waals surface area contributed by atoms with Crippen LogP contribution in [0.1, 0.15) is 35.7 Å². The van der Waals surface area contributed by atoms with Crippen molar-refractivity contribution in [2.75, 3.05) is 19.0 Å². The molecule has 0 unspecified atom stereocenters. The Hall–Kier alpha value is -3.67. The van der Waals surface area contributed by atoms with Crippen molar-refractivity contribution in [3.63, 3.8) is 0 Å². The molecule has 0 radical (unpaired) electrons. The summed E-state index contributed by atoms with van der Waals surface area (Å²) in [6.45, 7) is 2.78. The van der Waals surface area contributed by atoms with Crippen LogP contribution < -0.4 is 10.1 Å². The Morgan fingerprint density at radius 1 is 0.967 bits per heavy atom. The lowest BCUT2D eigenvalue weighted by atomic mass is 9.98. The number of fused-ring (bicyclic) bond motifs is 1. The zero-order chi connectivity index (χ0) is 21.7. The third kappa shape index (κ3) is 5.03. The predicted octanol–water partition coefficient (Wildman–Crippen LogP) is 4.34. The molecular formula is C24H23NO5. The van der Waals surface area contributed by atoms with Crippen molar-refractivity contribution in [1.29, 1.82) is 0 Å². The SMILES string of the molecule is COc1ccc2cc([C@H](C)C(=O)OCC(=O)Nc3cccc(C(C)=O)c3)ccc2c1. The van der Waals surface area contributed by atoms with Gasteiger partial charge in [0.25, 0.3) is 5.91 Å². The average Bonchev–Trinajstić information content (AvgIpc) is 2.76. The maximum absolute atomic E-state index is 12.4. The molecule has 0 aliphatic rings. The molecule has 6 nitrogen and oxygen atoms in total. The van der Waals surface area contributed by atoms with Crippen LogP contribution in [-0.2, 0) is 14.3 Å². The molecule has 3 rings (SSSR count). The van der Waals surface area contributed by atoms with Crippen molar-refractivity contribution in [3.8, 4) is 5.75 Å². The van der Waals surface area contributed by atoms with Gasteiger partial charge in [0.15, 0.2) is 12.4 Å². The van der Waals surface area contributed by atoms with Crippen LogP contribution in [0.25, 0.3) is 10.8 Å². The van der Waals surface area contributed by atoms with Crippen LogP contribution in [0, 0.1) is 0 Å². The lowest BCUT2D eigenvalue weighted by Gasteiger charge is -2.13. The molecular weight excluding hydrogens is 382 g/mol. The van der Waals surface area contributed by atoms with Crippen LogP contribution in [0.4, 0.5) is 5.69 Å². The van der Waals surface area contributed by atoms with Crippen LogP contribution in [0.5, 0.6) is 5.75 Å². The summed E-state index contributed by atoms with van der Waals surface area (Å²) >= 11 is 0. The quantitative estimate of drug-likeness (QED) is 0.467. The first-order valence-corrected chi connectivity index (χ1v) is 9.52. The molecule has 0 bridgehead atoms. The highest BCUT2D eigenvalue weighted by Gasteiger charge is 2.18. The molecule has 0 fully saturated rings. The van der Waals surface area contributed by atoms with Crippen LogP contribution in [0.15, 0.2) is 60.7 Å². The van der Waals surface area contributed by atoms with Crippen molar-refractivity contribution >= 4 is 34.1 Å². The molecule has 0 aromatic heterocycles. The van der Waals surface area contributed by atoms with Crippen LogP contribution in [0.2, 0.25) is 0 Å². The topological polar surface area (TPSA) is 81.7 Å². The van der Waals surface area contributed by atoms with Gasteiger partial charge in [-0.3, -0.25) is 14.4 Å². The largest absolute Gasteiger partial charge is 0.497 e. The van der Waals surface area contributed by atoms with Gasteiger partial charge in [-0.1, -0.05) is 36.4 Å². The highest BCUT2D eigenvalue weighted by Crippen LogP contribution is 2.25. The van der Waals surface area contributed by atoms with E-state index in [1.54, 1.807) is 38.3 Å². The molecule has 154 valence electrons. The monoisotopic (exact) mass is 405 g/mol. The molecule has 1 N–H and O–H groups in total. The van der Waals surface area contributed by atoms with E-state index in [0.29, 0.717) is 11.3 Å². The molecule has 1 amide bonds. The number of esters is 1. The number of rotatable bonds is 7. The number of ketones is 1. The molecule has 3 aromatic rings. The van der Waals surface area contributed by atoms with Gasteiger partial charge in [0.1, 0.15) is 5.75 Å². The van der Waals surface area contributed by atoms with E-state index in [-0.39, 0.29) is 5.78 Å². The van der Waals surface area contributed by atoms with E-state index in [0.717, 1.165) is 22.1 Å². The summed E-state index contributed by atoms with van der Waals surface area (Å²) in [5, 5.41) is 4.61. The molecule has 3 aromatic carbocycles. The standard InChI is InChI=1S/C24H23NO5/c1-15(17-7-8-20-13-22(29-3)10-9-19(20)11-17)24(28)30-14-23(27)25-21-6-4-5-18(12-21)16(2)26/h4-13,15H,14H2,1-3H3,(H,25,27)/t15-/m0/s1. The Bertz CT molecular complexity index is 1110. The Balaban J connectivity index is 1.60. The van der Waals surface area contributed by atoms with Gasteiger partial charge in [0, 0.05) is 11.3 Å². The fourth-order valence-electron chi connectivity index (χ4n) is 3.05. The first kappa shape index (κ1) is 21.0. The van der Waals surface area contributed by atoms with Gasteiger partial charge in [-0.15, -0.1) is 0 Å². The molecule has 30 heavy (non-hydrogen) atoms. The number of benzene rings is 3. The van der Waals surface area contributed by atoms with Crippen LogP contribution in [0.3, 0.4) is 0 Å². The van der Waals surface area contributed by atoms with Crippen molar-refractivity contribution in [1.82, 2.24) is 0 Å². The summed E-state index contributed by atoms with van der Waals surface area (Å²) in [6, 6.07) is 18.0. The number of hydrogen-bond donors (Lipinski definition) is 1. The summed E-state index contributed by atoms with van der Waals surface area (Å²) in [4.78, 5) is 36.0. The number of amides is 1. The minimum Gasteiger partial charge on any atom is -0.497 e. The molecule has 0 spiro atoms. The number of methoxy groups -OCH3 is 1. The lowest BCUT2D eigenvalue weighted by molar-refractivity contribution is -0.148. The second-order valence-electron chi connectivity index (χ2n) is 6.99. The van der Waals surface area contributed by atoms with Crippen molar-refractivity contribution in [2.24, 2.45) is 0 Å². The van der Waals surface area contributed by atoms with E-state index < -0.39 is 24.4 Å². The van der Waals surface area contributed by atoms with Gasteiger partial charge in [0.05, 0.1) is 13.0 Å². The zero-order valence-corrected chi connectivity index (χ0v) is 17.1. The number of hydrogen-bond acceptors (Lipinski definition) is 5. The molecule has 0 heterocycles. The molecule has 0 saturated carbocycles. The maximum atomic E-state index is 12.4. The van der Waals surface area contributed by atoms with Crippen molar-refractivity contribution in [2.45, 2.75) is 19.8 Å². The van der Waals surface area contributed by atoms with E-state index in [1.807, 2.05) is 36.4 Å². The normalized spacial score (nSPS) is 11.6. The maximum Gasteiger partial charge on any atom is 0.313 e. The second-order valence-corrected chi connectivity index (χ2v) is 6.99. The highest BCUT2D eigenvalue weighted by molar-refractivity contribution is 5.97. The molecule has 0 saturated heterocycles. The summed E-state index contributed by atoms with van der Waals surface area (Å²) < 4.78 is 10.4. The minimum absolute atomic E-state index is 0.0971.